The lowest BCUT2D eigenvalue weighted by molar-refractivity contribution is 0.104. The predicted octanol–water partition coefficient (Wildman–Crippen LogP) is 3.08. The van der Waals surface area contributed by atoms with Crippen molar-refractivity contribution >= 4 is 12.6 Å². The van der Waals surface area contributed by atoms with Gasteiger partial charge in [0.15, 0.2) is 0 Å². The van der Waals surface area contributed by atoms with Crippen molar-refractivity contribution in [2.24, 2.45) is 5.92 Å². The minimum Gasteiger partial charge on any atom is -0.383 e. The average Bonchev–Trinajstić information content (AvgIpc) is 2.33. The van der Waals surface area contributed by atoms with Gasteiger partial charge < -0.3 is 4.74 Å². The van der Waals surface area contributed by atoms with E-state index in [1.807, 2.05) is 0 Å². The number of thiol groups is 1. The first kappa shape index (κ1) is 16.3. The summed E-state index contributed by atoms with van der Waals surface area (Å²) in [4.78, 5) is 2.58. The first-order valence-corrected chi connectivity index (χ1v) is 7.20. The van der Waals surface area contributed by atoms with Crippen molar-refractivity contribution in [2.75, 3.05) is 32.6 Å². The highest BCUT2D eigenvalue weighted by atomic mass is 32.1. The smallest absolute Gasteiger partial charge is 0.0589 e. The normalized spacial score (nSPS) is 13.7. The molecule has 16 heavy (non-hydrogen) atoms. The Labute approximate surface area is 107 Å². The van der Waals surface area contributed by atoms with Crippen LogP contribution in [-0.4, -0.2) is 43.5 Å². The van der Waals surface area contributed by atoms with Crippen molar-refractivity contribution in [3.05, 3.63) is 0 Å². The molecule has 0 radical (unpaired) electrons. The Hall–Kier alpha value is 0.270. The lowest BCUT2D eigenvalue weighted by Gasteiger charge is -2.32. The molecule has 0 rings (SSSR count). The Morgan fingerprint density at radius 1 is 1.12 bits per heavy atom. The molecule has 0 saturated heterocycles. The zero-order chi connectivity index (χ0) is 12.4. The van der Waals surface area contributed by atoms with E-state index in [0.717, 1.165) is 25.4 Å². The summed E-state index contributed by atoms with van der Waals surface area (Å²) in [6.45, 7) is 9.84. The maximum atomic E-state index is 5.20. The average molecular weight is 247 g/mol. The first-order valence-electron chi connectivity index (χ1n) is 6.57. The molecule has 0 aliphatic carbocycles. The van der Waals surface area contributed by atoms with Gasteiger partial charge >= 0.3 is 0 Å². The fraction of sp³-hybridized carbons (Fsp3) is 1.00. The van der Waals surface area contributed by atoms with E-state index in [9.17, 15) is 0 Å². The van der Waals surface area contributed by atoms with Crippen molar-refractivity contribution in [3.8, 4) is 0 Å². The first-order chi connectivity index (χ1) is 7.73. The van der Waals surface area contributed by atoms with Crippen LogP contribution in [0.1, 0.15) is 40.0 Å². The van der Waals surface area contributed by atoms with Crippen LogP contribution in [0.3, 0.4) is 0 Å². The van der Waals surface area contributed by atoms with Crippen LogP contribution in [0.25, 0.3) is 0 Å². The van der Waals surface area contributed by atoms with Crippen molar-refractivity contribution in [3.63, 3.8) is 0 Å². The number of hydrogen-bond donors (Lipinski definition) is 1. The lowest BCUT2D eigenvalue weighted by Crippen LogP contribution is -2.40. The number of ether oxygens (including phenoxy) is 1. The Morgan fingerprint density at radius 2 is 1.75 bits per heavy atom. The Balaban J connectivity index is 4.27. The van der Waals surface area contributed by atoms with E-state index in [0.29, 0.717) is 12.0 Å². The van der Waals surface area contributed by atoms with Crippen LogP contribution in [0.15, 0.2) is 0 Å². The molecule has 0 bridgehead atoms. The molecule has 0 aromatic heterocycles. The fourth-order valence-corrected chi connectivity index (χ4v) is 2.46. The zero-order valence-corrected chi connectivity index (χ0v) is 12.3. The van der Waals surface area contributed by atoms with Crippen molar-refractivity contribution < 1.29 is 4.74 Å². The molecular weight excluding hydrogens is 218 g/mol. The number of nitrogens with zero attached hydrogens (tertiary/aromatic N) is 1. The quantitative estimate of drug-likeness (QED) is 0.596. The summed E-state index contributed by atoms with van der Waals surface area (Å²) < 4.78 is 5.20. The van der Waals surface area contributed by atoms with Gasteiger partial charge in [0.05, 0.1) is 6.61 Å². The zero-order valence-electron chi connectivity index (χ0n) is 11.4. The van der Waals surface area contributed by atoms with Crippen LogP contribution in [0.2, 0.25) is 0 Å². The third-order valence-electron chi connectivity index (χ3n) is 3.37. The molecule has 0 fully saturated rings. The Morgan fingerprint density at radius 3 is 2.12 bits per heavy atom. The topological polar surface area (TPSA) is 12.5 Å². The highest BCUT2D eigenvalue weighted by Gasteiger charge is 2.17. The maximum Gasteiger partial charge on any atom is 0.0589 e. The largest absolute Gasteiger partial charge is 0.383 e. The SMILES string of the molecule is CCC(CS)CN(CCOC)C(CC)CC. The predicted molar refractivity (Wildman–Crippen MR) is 75.5 cm³/mol. The van der Waals surface area contributed by atoms with Crippen LogP contribution in [0.4, 0.5) is 0 Å². The summed E-state index contributed by atoms with van der Waals surface area (Å²) in [7, 11) is 1.78. The highest BCUT2D eigenvalue weighted by Crippen LogP contribution is 2.14. The van der Waals surface area contributed by atoms with Gasteiger partial charge in [-0.25, -0.2) is 0 Å². The summed E-state index contributed by atoms with van der Waals surface area (Å²) in [5, 5.41) is 0. The Kier molecular flexibility index (Phi) is 10.6. The van der Waals surface area contributed by atoms with E-state index in [-0.39, 0.29) is 0 Å². The minimum atomic E-state index is 0.698. The lowest BCUT2D eigenvalue weighted by atomic mass is 10.0. The third-order valence-corrected chi connectivity index (χ3v) is 3.89. The van der Waals surface area contributed by atoms with E-state index in [1.165, 1.54) is 19.3 Å². The molecule has 0 amide bonds. The van der Waals surface area contributed by atoms with Gasteiger partial charge in [-0.05, 0) is 24.5 Å². The molecule has 0 aromatic carbocycles. The number of hydrogen-bond acceptors (Lipinski definition) is 3. The highest BCUT2D eigenvalue weighted by molar-refractivity contribution is 7.80. The van der Waals surface area contributed by atoms with Gasteiger partial charge in [-0.3, -0.25) is 4.90 Å². The van der Waals surface area contributed by atoms with Gasteiger partial charge in [0.1, 0.15) is 0 Å². The second-order valence-electron chi connectivity index (χ2n) is 4.41. The molecule has 1 unspecified atom stereocenters. The monoisotopic (exact) mass is 247 g/mol. The molecule has 0 N–H and O–H groups in total. The maximum absolute atomic E-state index is 5.20. The molecule has 98 valence electrons. The van der Waals surface area contributed by atoms with Gasteiger partial charge in [-0.1, -0.05) is 27.2 Å². The number of rotatable bonds is 10. The number of methoxy groups -OCH3 is 1. The standard InChI is InChI=1S/C13H29NOS/c1-5-12(11-16)10-14(8-9-15-4)13(6-2)7-3/h12-13,16H,5-11H2,1-4H3. The molecule has 0 aliphatic rings. The van der Waals surface area contributed by atoms with Crippen LogP contribution in [0.5, 0.6) is 0 Å². The molecule has 0 spiro atoms. The fourth-order valence-electron chi connectivity index (χ4n) is 2.08. The molecule has 0 aromatic rings. The van der Waals surface area contributed by atoms with E-state index in [2.05, 4.69) is 38.3 Å². The van der Waals surface area contributed by atoms with Gasteiger partial charge in [0.25, 0.3) is 0 Å². The minimum absolute atomic E-state index is 0.698. The van der Waals surface area contributed by atoms with Crippen molar-refractivity contribution in [2.45, 2.75) is 46.1 Å². The second-order valence-corrected chi connectivity index (χ2v) is 4.78. The van der Waals surface area contributed by atoms with Crippen LogP contribution < -0.4 is 0 Å². The van der Waals surface area contributed by atoms with Gasteiger partial charge in [-0.15, -0.1) is 0 Å². The van der Waals surface area contributed by atoms with Crippen LogP contribution in [-0.2, 0) is 4.74 Å². The van der Waals surface area contributed by atoms with Crippen molar-refractivity contribution in [1.29, 1.82) is 0 Å². The third kappa shape index (κ3) is 6.12. The van der Waals surface area contributed by atoms with Gasteiger partial charge in [0.2, 0.25) is 0 Å². The van der Waals surface area contributed by atoms with E-state index in [4.69, 9.17) is 4.74 Å². The molecule has 0 aliphatic heterocycles. The van der Waals surface area contributed by atoms with E-state index < -0.39 is 0 Å². The molecule has 0 saturated carbocycles. The van der Waals surface area contributed by atoms with E-state index >= 15 is 0 Å². The summed E-state index contributed by atoms with van der Waals surface area (Å²) in [5.74, 6) is 1.70. The van der Waals surface area contributed by atoms with Gasteiger partial charge in [0, 0.05) is 26.2 Å². The molecular formula is C13H29NOS. The summed E-state index contributed by atoms with van der Waals surface area (Å²) in [6.07, 6.45) is 3.67. The summed E-state index contributed by atoms with van der Waals surface area (Å²) in [6, 6.07) is 0.698. The molecule has 0 heterocycles. The Bertz CT molecular complexity index is 147. The molecule has 2 nitrogen and oxygen atoms in total. The van der Waals surface area contributed by atoms with Crippen LogP contribution >= 0.6 is 12.6 Å². The molecule has 3 heteroatoms. The van der Waals surface area contributed by atoms with E-state index in [1.54, 1.807) is 7.11 Å². The van der Waals surface area contributed by atoms with Crippen molar-refractivity contribution in [1.82, 2.24) is 4.90 Å². The molecule has 1 atom stereocenters. The van der Waals surface area contributed by atoms with Crippen LogP contribution in [0, 0.1) is 5.92 Å². The van der Waals surface area contributed by atoms with Gasteiger partial charge in [-0.2, -0.15) is 12.6 Å². The second kappa shape index (κ2) is 10.4. The summed E-state index contributed by atoms with van der Waals surface area (Å²) in [5.41, 5.74) is 0. The summed E-state index contributed by atoms with van der Waals surface area (Å²) >= 11 is 4.43.